The van der Waals surface area contributed by atoms with Gasteiger partial charge in [-0.25, -0.2) is 0 Å². The van der Waals surface area contributed by atoms with Crippen LogP contribution < -0.4 is 5.32 Å². The third-order valence-corrected chi connectivity index (χ3v) is 4.06. The summed E-state index contributed by atoms with van der Waals surface area (Å²) in [5.41, 5.74) is -0.00459. The lowest BCUT2D eigenvalue weighted by atomic mass is 10.0. The van der Waals surface area contributed by atoms with Crippen molar-refractivity contribution in [1.29, 1.82) is 0 Å². The molecule has 0 bridgehead atoms. The SMILES string of the molecule is O=C(O)C[C@H](Cc1ccc([N+](=O)[O-])cc1)NC(=O)Cc1ccc(C(F)(F)F)cc1. The zero-order chi connectivity index (χ0) is 21.6. The molecule has 0 aliphatic heterocycles. The zero-order valence-corrected chi connectivity index (χ0v) is 15.0. The molecule has 2 rings (SSSR count). The number of non-ortho nitro benzene ring substituents is 1. The molecular weight excluding hydrogens is 393 g/mol. The highest BCUT2D eigenvalue weighted by Crippen LogP contribution is 2.29. The van der Waals surface area contributed by atoms with Crippen LogP contribution in [0.1, 0.15) is 23.1 Å². The molecule has 0 radical (unpaired) electrons. The molecule has 1 amide bonds. The van der Waals surface area contributed by atoms with E-state index in [0.717, 1.165) is 12.1 Å². The molecule has 0 saturated carbocycles. The first-order chi connectivity index (χ1) is 13.5. The van der Waals surface area contributed by atoms with Crippen LogP contribution in [0.4, 0.5) is 18.9 Å². The monoisotopic (exact) mass is 410 g/mol. The van der Waals surface area contributed by atoms with Crippen molar-refractivity contribution in [2.75, 3.05) is 0 Å². The highest BCUT2D eigenvalue weighted by molar-refractivity contribution is 5.79. The molecule has 29 heavy (non-hydrogen) atoms. The van der Waals surface area contributed by atoms with Gasteiger partial charge in [0.05, 0.1) is 23.3 Å². The van der Waals surface area contributed by atoms with Crippen molar-refractivity contribution in [2.45, 2.75) is 31.5 Å². The Balaban J connectivity index is 2.02. The number of alkyl halides is 3. The predicted octanol–water partition coefficient (Wildman–Crippen LogP) is 3.36. The number of carbonyl (C=O) groups excluding carboxylic acids is 1. The maximum absolute atomic E-state index is 12.6. The summed E-state index contributed by atoms with van der Waals surface area (Å²) in [5, 5.41) is 22.3. The van der Waals surface area contributed by atoms with Crippen LogP contribution in [0, 0.1) is 10.1 Å². The highest BCUT2D eigenvalue weighted by Gasteiger charge is 2.30. The van der Waals surface area contributed by atoms with E-state index in [1.807, 2.05) is 0 Å². The summed E-state index contributed by atoms with van der Waals surface area (Å²) in [6.45, 7) is 0. The molecule has 2 aromatic carbocycles. The number of benzene rings is 2. The van der Waals surface area contributed by atoms with Crippen molar-refractivity contribution in [1.82, 2.24) is 5.32 Å². The standard InChI is InChI=1S/C19H17F3N2O5/c20-19(21,22)14-5-1-13(2-6-14)10-17(25)23-15(11-18(26)27)9-12-3-7-16(8-4-12)24(28)29/h1-8,15H,9-11H2,(H,23,25)(H,26,27)/t15-/m0/s1. The third-order valence-electron chi connectivity index (χ3n) is 4.06. The van der Waals surface area contributed by atoms with Crippen LogP contribution >= 0.6 is 0 Å². The number of amides is 1. The van der Waals surface area contributed by atoms with Crippen LogP contribution in [0.5, 0.6) is 0 Å². The van der Waals surface area contributed by atoms with Crippen molar-refractivity contribution in [2.24, 2.45) is 0 Å². The van der Waals surface area contributed by atoms with Gasteiger partial charge in [0.15, 0.2) is 0 Å². The second kappa shape index (κ2) is 9.18. The van der Waals surface area contributed by atoms with E-state index in [-0.39, 0.29) is 24.9 Å². The molecule has 1 atom stereocenters. The van der Waals surface area contributed by atoms with E-state index in [9.17, 15) is 32.9 Å². The van der Waals surface area contributed by atoms with Crippen LogP contribution in [-0.4, -0.2) is 27.9 Å². The van der Waals surface area contributed by atoms with Crippen LogP contribution in [0.15, 0.2) is 48.5 Å². The van der Waals surface area contributed by atoms with E-state index in [1.54, 1.807) is 0 Å². The van der Waals surface area contributed by atoms with Gasteiger partial charge in [0.2, 0.25) is 5.91 Å². The molecule has 2 N–H and O–H groups in total. The first-order valence-electron chi connectivity index (χ1n) is 8.45. The molecule has 0 spiro atoms. The fourth-order valence-electron chi connectivity index (χ4n) is 2.70. The topological polar surface area (TPSA) is 110 Å². The Morgan fingerprint density at radius 3 is 2.07 bits per heavy atom. The maximum atomic E-state index is 12.6. The molecule has 2 aromatic rings. The molecule has 0 unspecified atom stereocenters. The smallest absolute Gasteiger partial charge is 0.416 e. The Morgan fingerprint density at radius 2 is 1.59 bits per heavy atom. The molecule has 154 valence electrons. The second-order valence-electron chi connectivity index (χ2n) is 6.36. The molecule has 0 saturated heterocycles. The van der Waals surface area contributed by atoms with Crippen molar-refractivity contribution in [3.05, 3.63) is 75.3 Å². The fourth-order valence-corrected chi connectivity index (χ4v) is 2.70. The number of hydrogen-bond acceptors (Lipinski definition) is 4. The number of carboxylic acid groups (broad SMARTS) is 1. The number of carbonyl (C=O) groups is 2. The summed E-state index contributed by atoms with van der Waals surface area (Å²) in [4.78, 5) is 33.4. The van der Waals surface area contributed by atoms with Crippen LogP contribution in [0.3, 0.4) is 0 Å². The zero-order valence-electron chi connectivity index (χ0n) is 15.0. The summed E-state index contributed by atoms with van der Waals surface area (Å²) in [6.07, 6.45) is -4.94. The lowest BCUT2D eigenvalue weighted by Gasteiger charge is -2.17. The van der Waals surface area contributed by atoms with E-state index in [0.29, 0.717) is 11.1 Å². The van der Waals surface area contributed by atoms with Crippen molar-refractivity contribution in [3.8, 4) is 0 Å². The number of aliphatic carboxylic acids is 1. The Morgan fingerprint density at radius 1 is 1.03 bits per heavy atom. The molecule has 10 heteroatoms. The molecule has 0 aliphatic rings. The molecule has 0 heterocycles. The van der Waals surface area contributed by atoms with E-state index >= 15 is 0 Å². The van der Waals surface area contributed by atoms with Gasteiger partial charge >= 0.3 is 12.1 Å². The number of rotatable bonds is 8. The van der Waals surface area contributed by atoms with Gasteiger partial charge in [-0.1, -0.05) is 24.3 Å². The van der Waals surface area contributed by atoms with Gasteiger partial charge in [-0.15, -0.1) is 0 Å². The number of nitrogens with one attached hydrogen (secondary N) is 1. The summed E-state index contributed by atoms with van der Waals surface area (Å²) in [5.74, 6) is -1.69. The van der Waals surface area contributed by atoms with Crippen LogP contribution in [0.2, 0.25) is 0 Å². The number of nitrogens with zero attached hydrogens (tertiary/aromatic N) is 1. The molecule has 7 nitrogen and oxygen atoms in total. The highest BCUT2D eigenvalue weighted by atomic mass is 19.4. The van der Waals surface area contributed by atoms with Crippen LogP contribution in [-0.2, 0) is 28.6 Å². The lowest BCUT2D eigenvalue weighted by molar-refractivity contribution is -0.384. The largest absolute Gasteiger partial charge is 0.481 e. The first-order valence-corrected chi connectivity index (χ1v) is 8.45. The first kappa shape index (κ1) is 21.9. The molecule has 0 aliphatic carbocycles. The predicted molar refractivity (Wildman–Crippen MR) is 96.1 cm³/mol. The van der Waals surface area contributed by atoms with Crippen molar-refractivity contribution >= 4 is 17.6 Å². The maximum Gasteiger partial charge on any atom is 0.416 e. The Labute approximate surface area is 163 Å². The quantitative estimate of drug-likeness (QED) is 0.512. The molecule has 0 fully saturated rings. The second-order valence-corrected chi connectivity index (χ2v) is 6.36. The Hall–Kier alpha value is -3.43. The summed E-state index contributed by atoms with van der Waals surface area (Å²) >= 11 is 0. The number of halogens is 3. The van der Waals surface area contributed by atoms with Gasteiger partial charge in [0, 0.05) is 18.2 Å². The van der Waals surface area contributed by atoms with E-state index in [2.05, 4.69) is 5.32 Å². The minimum atomic E-state index is -4.47. The van der Waals surface area contributed by atoms with Gasteiger partial charge in [-0.2, -0.15) is 13.2 Å². The van der Waals surface area contributed by atoms with E-state index in [1.165, 1.54) is 36.4 Å². The summed E-state index contributed by atoms with van der Waals surface area (Å²) in [6, 6.07) is 8.81. The minimum Gasteiger partial charge on any atom is -0.481 e. The summed E-state index contributed by atoms with van der Waals surface area (Å²) < 4.78 is 37.7. The Bertz CT molecular complexity index is 880. The minimum absolute atomic E-state index is 0.116. The summed E-state index contributed by atoms with van der Waals surface area (Å²) in [7, 11) is 0. The van der Waals surface area contributed by atoms with Gasteiger partial charge in [0.1, 0.15) is 0 Å². The fraction of sp³-hybridized carbons (Fsp3) is 0.263. The molecule has 0 aromatic heterocycles. The van der Waals surface area contributed by atoms with Gasteiger partial charge < -0.3 is 10.4 Å². The van der Waals surface area contributed by atoms with Gasteiger partial charge in [-0.3, -0.25) is 19.7 Å². The normalized spacial score (nSPS) is 12.2. The van der Waals surface area contributed by atoms with Gasteiger partial charge in [-0.05, 0) is 29.7 Å². The third kappa shape index (κ3) is 6.91. The van der Waals surface area contributed by atoms with Crippen LogP contribution in [0.25, 0.3) is 0 Å². The number of nitro benzene ring substituents is 1. The Kier molecular flexibility index (Phi) is 6.92. The lowest BCUT2D eigenvalue weighted by Crippen LogP contribution is -2.39. The van der Waals surface area contributed by atoms with Gasteiger partial charge in [0.25, 0.3) is 5.69 Å². The van der Waals surface area contributed by atoms with Crippen molar-refractivity contribution in [3.63, 3.8) is 0 Å². The van der Waals surface area contributed by atoms with E-state index in [4.69, 9.17) is 5.11 Å². The average molecular weight is 410 g/mol. The number of nitro groups is 1. The van der Waals surface area contributed by atoms with Crippen molar-refractivity contribution < 1.29 is 32.8 Å². The number of hydrogen-bond donors (Lipinski definition) is 2. The van der Waals surface area contributed by atoms with E-state index < -0.39 is 34.6 Å². The number of carboxylic acids is 1. The average Bonchev–Trinajstić information content (AvgIpc) is 2.61. The molecular formula is C19H17F3N2O5.